The molecule has 6 heteroatoms. The van der Waals surface area contributed by atoms with E-state index in [1.807, 2.05) is 0 Å². The SMILES string of the molecule is COc1ccc(Cl)cc1NSc1ccc(C(=O)O)cc1. The first-order chi connectivity index (χ1) is 9.60. The standard InChI is InChI=1S/C14H12ClNO3S/c1-19-13-7-4-10(15)8-12(13)16-20-11-5-2-9(3-6-11)14(17)18/h2-8,16H,1H3,(H,17,18). The molecule has 0 aliphatic rings. The second-order valence-electron chi connectivity index (χ2n) is 3.88. The molecular weight excluding hydrogens is 298 g/mol. The fraction of sp³-hybridized carbons (Fsp3) is 0.0714. The Bertz CT molecular complexity index is 616. The summed E-state index contributed by atoms with van der Waals surface area (Å²) in [5.74, 6) is -0.255. The summed E-state index contributed by atoms with van der Waals surface area (Å²) < 4.78 is 8.36. The summed E-state index contributed by atoms with van der Waals surface area (Å²) >= 11 is 7.29. The predicted octanol–water partition coefficient (Wildman–Crippen LogP) is 4.17. The molecule has 0 aromatic heterocycles. The number of rotatable bonds is 5. The smallest absolute Gasteiger partial charge is 0.335 e. The van der Waals surface area contributed by atoms with E-state index in [9.17, 15) is 4.79 Å². The number of aromatic carboxylic acids is 1. The van der Waals surface area contributed by atoms with Crippen molar-refractivity contribution >= 4 is 35.2 Å². The largest absolute Gasteiger partial charge is 0.495 e. The Labute approximate surface area is 125 Å². The highest BCUT2D eigenvalue weighted by molar-refractivity contribution is 8.00. The zero-order valence-electron chi connectivity index (χ0n) is 10.6. The second kappa shape index (κ2) is 6.54. The van der Waals surface area contributed by atoms with Gasteiger partial charge >= 0.3 is 5.97 Å². The Balaban J connectivity index is 2.08. The summed E-state index contributed by atoms with van der Waals surface area (Å²) in [6.07, 6.45) is 0. The molecule has 0 radical (unpaired) electrons. The van der Waals surface area contributed by atoms with Crippen LogP contribution >= 0.6 is 23.5 Å². The van der Waals surface area contributed by atoms with Crippen LogP contribution in [0, 0.1) is 0 Å². The highest BCUT2D eigenvalue weighted by atomic mass is 35.5. The molecule has 2 aromatic rings. The van der Waals surface area contributed by atoms with Crippen LogP contribution in [0.15, 0.2) is 47.4 Å². The molecule has 2 N–H and O–H groups in total. The number of hydrogen-bond acceptors (Lipinski definition) is 4. The van der Waals surface area contributed by atoms with Crippen molar-refractivity contribution in [1.29, 1.82) is 0 Å². The number of ether oxygens (including phenoxy) is 1. The summed E-state index contributed by atoms with van der Waals surface area (Å²) in [4.78, 5) is 11.6. The Kier molecular flexibility index (Phi) is 4.76. The van der Waals surface area contributed by atoms with E-state index in [4.69, 9.17) is 21.4 Å². The van der Waals surface area contributed by atoms with Crippen LogP contribution in [0.4, 0.5) is 5.69 Å². The Morgan fingerprint density at radius 2 is 1.95 bits per heavy atom. The third-order valence-electron chi connectivity index (χ3n) is 2.54. The summed E-state index contributed by atoms with van der Waals surface area (Å²) in [6, 6.07) is 11.9. The number of halogens is 1. The number of carboxylic acids is 1. The molecule has 0 spiro atoms. The number of methoxy groups -OCH3 is 1. The van der Waals surface area contributed by atoms with Crippen molar-refractivity contribution in [2.24, 2.45) is 0 Å². The predicted molar refractivity (Wildman–Crippen MR) is 80.9 cm³/mol. The summed E-state index contributed by atoms with van der Waals surface area (Å²) in [5.41, 5.74) is 1.02. The van der Waals surface area contributed by atoms with Gasteiger partial charge in [0.05, 0.1) is 18.4 Å². The van der Waals surface area contributed by atoms with Gasteiger partial charge < -0.3 is 14.6 Å². The highest BCUT2D eigenvalue weighted by Crippen LogP contribution is 2.31. The van der Waals surface area contributed by atoms with Crippen LogP contribution in [0.5, 0.6) is 5.75 Å². The van der Waals surface area contributed by atoms with Crippen LogP contribution in [0.1, 0.15) is 10.4 Å². The lowest BCUT2D eigenvalue weighted by molar-refractivity contribution is 0.0697. The molecule has 0 saturated carbocycles. The molecule has 0 fully saturated rings. The zero-order chi connectivity index (χ0) is 14.5. The van der Waals surface area contributed by atoms with Crippen LogP contribution < -0.4 is 9.46 Å². The molecule has 0 unspecified atom stereocenters. The molecule has 0 aliphatic heterocycles. The van der Waals surface area contributed by atoms with Crippen LogP contribution in [0.25, 0.3) is 0 Å². The average molecular weight is 310 g/mol. The van der Waals surface area contributed by atoms with E-state index in [0.717, 1.165) is 10.6 Å². The molecule has 0 bridgehead atoms. The van der Waals surface area contributed by atoms with Gasteiger partial charge in [-0.1, -0.05) is 11.6 Å². The van der Waals surface area contributed by atoms with Gasteiger partial charge in [-0.2, -0.15) is 0 Å². The van der Waals surface area contributed by atoms with Gasteiger partial charge in [0.25, 0.3) is 0 Å². The van der Waals surface area contributed by atoms with E-state index in [0.29, 0.717) is 10.8 Å². The van der Waals surface area contributed by atoms with E-state index in [1.54, 1.807) is 49.6 Å². The molecule has 2 aromatic carbocycles. The average Bonchev–Trinajstić information content (AvgIpc) is 2.45. The lowest BCUT2D eigenvalue weighted by atomic mass is 10.2. The third-order valence-corrected chi connectivity index (χ3v) is 3.61. The molecule has 0 heterocycles. The van der Waals surface area contributed by atoms with E-state index in [-0.39, 0.29) is 5.56 Å². The first kappa shape index (κ1) is 14.6. The van der Waals surface area contributed by atoms with E-state index >= 15 is 0 Å². The lowest BCUT2D eigenvalue weighted by Gasteiger charge is -2.10. The normalized spacial score (nSPS) is 10.1. The molecule has 0 amide bonds. The Hall–Kier alpha value is -1.85. The molecule has 20 heavy (non-hydrogen) atoms. The number of nitrogens with one attached hydrogen (secondary N) is 1. The number of hydrogen-bond donors (Lipinski definition) is 2. The fourth-order valence-electron chi connectivity index (χ4n) is 1.54. The maximum atomic E-state index is 10.8. The van der Waals surface area contributed by atoms with E-state index < -0.39 is 5.97 Å². The van der Waals surface area contributed by atoms with Crippen LogP contribution in [-0.2, 0) is 0 Å². The molecular formula is C14H12ClNO3S. The molecule has 104 valence electrons. The van der Waals surface area contributed by atoms with Crippen molar-refractivity contribution in [3.05, 3.63) is 53.1 Å². The molecule has 2 rings (SSSR count). The van der Waals surface area contributed by atoms with Crippen molar-refractivity contribution < 1.29 is 14.6 Å². The Morgan fingerprint density at radius 1 is 1.25 bits per heavy atom. The fourth-order valence-corrected chi connectivity index (χ4v) is 2.37. The minimum Gasteiger partial charge on any atom is -0.495 e. The van der Waals surface area contributed by atoms with Crippen LogP contribution in [0.3, 0.4) is 0 Å². The summed E-state index contributed by atoms with van der Waals surface area (Å²) in [5, 5.41) is 9.44. The molecule has 0 saturated heterocycles. The minimum absolute atomic E-state index is 0.259. The first-order valence-corrected chi connectivity index (χ1v) is 6.89. The van der Waals surface area contributed by atoms with Gasteiger partial charge in [0.2, 0.25) is 0 Å². The van der Waals surface area contributed by atoms with Gasteiger partial charge in [0.1, 0.15) is 5.75 Å². The number of benzene rings is 2. The number of carboxylic acid groups (broad SMARTS) is 1. The maximum Gasteiger partial charge on any atom is 0.335 e. The van der Waals surface area contributed by atoms with Crippen molar-refractivity contribution in [3.8, 4) is 5.75 Å². The monoisotopic (exact) mass is 309 g/mol. The van der Waals surface area contributed by atoms with Gasteiger partial charge in [0, 0.05) is 9.92 Å². The van der Waals surface area contributed by atoms with Gasteiger partial charge in [0.15, 0.2) is 0 Å². The molecule has 0 atom stereocenters. The van der Waals surface area contributed by atoms with Crippen molar-refractivity contribution in [2.75, 3.05) is 11.8 Å². The Morgan fingerprint density at radius 3 is 2.55 bits per heavy atom. The molecule has 0 aliphatic carbocycles. The van der Waals surface area contributed by atoms with Crippen molar-refractivity contribution in [1.82, 2.24) is 0 Å². The van der Waals surface area contributed by atoms with Gasteiger partial charge in [-0.15, -0.1) is 0 Å². The van der Waals surface area contributed by atoms with E-state index in [1.165, 1.54) is 11.9 Å². The summed E-state index contributed by atoms with van der Waals surface area (Å²) in [7, 11) is 1.58. The van der Waals surface area contributed by atoms with Gasteiger partial charge in [-0.25, -0.2) is 4.79 Å². The van der Waals surface area contributed by atoms with Crippen LogP contribution in [0.2, 0.25) is 5.02 Å². The van der Waals surface area contributed by atoms with Gasteiger partial charge in [-0.3, -0.25) is 0 Å². The first-order valence-electron chi connectivity index (χ1n) is 5.70. The number of carbonyl (C=O) groups is 1. The maximum absolute atomic E-state index is 10.8. The highest BCUT2D eigenvalue weighted by Gasteiger charge is 2.05. The van der Waals surface area contributed by atoms with Crippen molar-refractivity contribution in [2.45, 2.75) is 4.90 Å². The third kappa shape index (κ3) is 3.59. The minimum atomic E-state index is -0.939. The quantitative estimate of drug-likeness (QED) is 0.812. The lowest BCUT2D eigenvalue weighted by Crippen LogP contribution is -1.95. The zero-order valence-corrected chi connectivity index (χ0v) is 12.2. The summed E-state index contributed by atoms with van der Waals surface area (Å²) in [6.45, 7) is 0. The molecule has 4 nitrogen and oxygen atoms in total. The van der Waals surface area contributed by atoms with Crippen LogP contribution in [-0.4, -0.2) is 18.2 Å². The second-order valence-corrected chi connectivity index (χ2v) is 5.19. The topological polar surface area (TPSA) is 58.6 Å². The van der Waals surface area contributed by atoms with Crippen molar-refractivity contribution in [3.63, 3.8) is 0 Å². The number of anilines is 1. The van der Waals surface area contributed by atoms with E-state index in [2.05, 4.69) is 4.72 Å². The van der Waals surface area contributed by atoms with Gasteiger partial charge in [-0.05, 0) is 54.4 Å².